The molecule has 0 fully saturated rings. The summed E-state index contributed by atoms with van der Waals surface area (Å²) in [5.41, 5.74) is 18.0. The lowest BCUT2D eigenvalue weighted by atomic mass is 9.93. The fourth-order valence-corrected chi connectivity index (χ4v) is 5.42. The second kappa shape index (κ2) is 19.9. The fourth-order valence-electron chi connectivity index (χ4n) is 5.42. The fraction of sp³-hybridized carbons (Fsp3) is 0.526. The standard InChI is InChI=1S/C38H56N2O2/c1-3-5-7-9-11-13-15-17-27-41-33-23-19-31(20-24-33)35-29-37(39)38(40)30-36(35)32-21-25-34(26-22-32)42-28-18-16-14-12-10-8-6-4-2/h19-26,29-30H,3-18,27-28,39-40H2,1-2H3. The van der Waals surface area contributed by atoms with Gasteiger partial charge in [-0.2, -0.15) is 0 Å². The third kappa shape index (κ3) is 12.0. The predicted octanol–water partition coefficient (Wildman–Crippen LogP) is 11.2. The van der Waals surface area contributed by atoms with Crippen molar-refractivity contribution in [1.29, 1.82) is 0 Å². The Labute approximate surface area is 256 Å². The maximum Gasteiger partial charge on any atom is 0.119 e. The molecule has 0 amide bonds. The summed E-state index contributed by atoms with van der Waals surface area (Å²) in [4.78, 5) is 0. The number of nitrogens with two attached hydrogens (primary N) is 2. The van der Waals surface area contributed by atoms with E-state index >= 15 is 0 Å². The highest BCUT2D eigenvalue weighted by molar-refractivity contribution is 5.90. The number of unbranched alkanes of at least 4 members (excludes halogenated alkanes) is 14. The summed E-state index contributed by atoms with van der Waals surface area (Å²) in [7, 11) is 0. The molecule has 0 heterocycles. The molecule has 0 spiro atoms. The number of nitrogen functional groups attached to an aromatic ring is 2. The van der Waals surface area contributed by atoms with Gasteiger partial charge in [0.2, 0.25) is 0 Å². The highest BCUT2D eigenvalue weighted by Crippen LogP contribution is 2.37. The molecule has 0 atom stereocenters. The first kappa shape index (κ1) is 33.4. The van der Waals surface area contributed by atoms with E-state index in [1.165, 1.54) is 89.9 Å². The summed E-state index contributed by atoms with van der Waals surface area (Å²) in [5.74, 6) is 1.81. The van der Waals surface area contributed by atoms with Crippen molar-refractivity contribution in [1.82, 2.24) is 0 Å². The Bertz CT molecular complexity index is 1030. The third-order valence-corrected chi connectivity index (χ3v) is 8.09. The zero-order valence-electron chi connectivity index (χ0n) is 26.5. The van der Waals surface area contributed by atoms with Crippen molar-refractivity contribution < 1.29 is 9.47 Å². The maximum absolute atomic E-state index is 6.25. The molecule has 0 saturated heterocycles. The zero-order valence-corrected chi connectivity index (χ0v) is 26.5. The van der Waals surface area contributed by atoms with Gasteiger partial charge in [0.05, 0.1) is 24.6 Å². The van der Waals surface area contributed by atoms with Crippen LogP contribution in [0.1, 0.15) is 117 Å². The minimum atomic E-state index is 0.592. The molecule has 0 aliphatic rings. The lowest BCUT2D eigenvalue weighted by Gasteiger charge is -2.15. The van der Waals surface area contributed by atoms with Crippen molar-refractivity contribution in [2.45, 2.75) is 117 Å². The lowest BCUT2D eigenvalue weighted by molar-refractivity contribution is 0.304. The number of hydrogen-bond acceptors (Lipinski definition) is 4. The lowest BCUT2D eigenvalue weighted by Crippen LogP contribution is -1.99. The van der Waals surface area contributed by atoms with Crippen LogP contribution in [0.5, 0.6) is 11.5 Å². The molecule has 3 aromatic carbocycles. The van der Waals surface area contributed by atoms with Gasteiger partial charge < -0.3 is 20.9 Å². The Morgan fingerprint density at radius 3 is 1.07 bits per heavy atom. The van der Waals surface area contributed by atoms with E-state index in [4.69, 9.17) is 20.9 Å². The van der Waals surface area contributed by atoms with Crippen molar-refractivity contribution >= 4 is 11.4 Å². The van der Waals surface area contributed by atoms with Crippen LogP contribution in [0.15, 0.2) is 60.7 Å². The molecule has 0 aliphatic heterocycles. The Morgan fingerprint density at radius 1 is 0.429 bits per heavy atom. The van der Waals surface area contributed by atoms with Gasteiger partial charge in [-0.1, -0.05) is 128 Å². The summed E-state index contributed by atoms with van der Waals surface area (Å²) in [5, 5.41) is 0. The van der Waals surface area contributed by atoms with Gasteiger partial charge in [-0.25, -0.2) is 0 Å². The molecule has 230 valence electrons. The number of ether oxygens (including phenoxy) is 2. The molecule has 3 aromatic rings. The van der Waals surface area contributed by atoms with E-state index in [1.807, 2.05) is 12.1 Å². The second-order valence-electron chi connectivity index (χ2n) is 11.7. The van der Waals surface area contributed by atoms with Gasteiger partial charge in [0.15, 0.2) is 0 Å². The third-order valence-electron chi connectivity index (χ3n) is 8.09. The van der Waals surface area contributed by atoms with E-state index in [-0.39, 0.29) is 0 Å². The first-order valence-electron chi connectivity index (χ1n) is 16.8. The molecule has 4 heteroatoms. The summed E-state index contributed by atoms with van der Waals surface area (Å²) in [6, 6.07) is 20.6. The molecule has 0 radical (unpaired) electrons. The zero-order chi connectivity index (χ0) is 29.8. The first-order valence-corrected chi connectivity index (χ1v) is 16.8. The molecule has 0 aromatic heterocycles. The molecule has 3 rings (SSSR count). The van der Waals surface area contributed by atoms with E-state index in [2.05, 4.69) is 62.4 Å². The van der Waals surface area contributed by atoms with E-state index in [9.17, 15) is 0 Å². The van der Waals surface area contributed by atoms with E-state index in [0.717, 1.165) is 59.8 Å². The van der Waals surface area contributed by atoms with Gasteiger partial charge in [-0.3, -0.25) is 0 Å². The number of rotatable bonds is 22. The average molecular weight is 573 g/mol. The molecule has 4 N–H and O–H groups in total. The normalized spacial score (nSPS) is 11.1. The van der Waals surface area contributed by atoms with Crippen LogP contribution in [0.3, 0.4) is 0 Å². The van der Waals surface area contributed by atoms with Crippen LogP contribution < -0.4 is 20.9 Å². The molecule has 0 unspecified atom stereocenters. The summed E-state index contributed by atoms with van der Waals surface area (Å²) >= 11 is 0. The van der Waals surface area contributed by atoms with E-state index < -0.39 is 0 Å². The molecule has 0 bridgehead atoms. The second-order valence-corrected chi connectivity index (χ2v) is 11.7. The molecule has 4 nitrogen and oxygen atoms in total. The average Bonchev–Trinajstić information content (AvgIpc) is 3.01. The van der Waals surface area contributed by atoms with Gasteiger partial charge in [-0.15, -0.1) is 0 Å². The van der Waals surface area contributed by atoms with Crippen molar-refractivity contribution in [3.63, 3.8) is 0 Å². The minimum Gasteiger partial charge on any atom is -0.494 e. The molecule has 0 aliphatic carbocycles. The monoisotopic (exact) mass is 572 g/mol. The van der Waals surface area contributed by atoms with Crippen LogP contribution in [0, 0.1) is 0 Å². The first-order chi connectivity index (χ1) is 20.6. The van der Waals surface area contributed by atoms with Crippen molar-refractivity contribution in [3.05, 3.63) is 60.7 Å². The minimum absolute atomic E-state index is 0.592. The highest BCUT2D eigenvalue weighted by Gasteiger charge is 2.12. The van der Waals surface area contributed by atoms with Crippen LogP contribution in [0.25, 0.3) is 22.3 Å². The predicted molar refractivity (Wildman–Crippen MR) is 182 cm³/mol. The van der Waals surface area contributed by atoms with E-state index in [0.29, 0.717) is 11.4 Å². The molecule has 0 saturated carbocycles. The van der Waals surface area contributed by atoms with Gasteiger partial charge in [-0.05, 0) is 71.5 Å². The van der Waals surface area contributed by atoms with Crippen LogP contribution >= 0.6 is 0 Å². The maximum atomic E-state index is 6.25. The number of anilines is 2. The van der Waals surface area contributed by atoms with Crippen LogP contribution in [-0.2, 0) is 0 Å². The highest BCUT2D eigenvalue weighted by atomic mass is 16.5. The molecule has 42 heavy (non-hydrogen) atoms. The smallest absolute Gasteiger partial charge is 0.119 e. The summed E-state index contributed by atoms with van der Waals surface area (Å²) in [6.07, 6.45) is 20.8. The number of benzene rings is 3. The summed E-state index contributed by atoms with van der Waals surface area (Å²) in [6.45, 7) is 6.06. The summed E-state index contributed by atoms with van der Waals surface area (Å²) < 4.78 is 12.1. The van der Waals surface area contributed by atoms with Gasteiger partial charge >= 0.3 is 0 Å². The van der Waals surface area contributed by atoms with Crippen molar-refractivity contribution in [2.75, 3.05) is 24.7 Å². The largest absolute Gasteiger partial charge is 0.494 e. The van der Waals surface area contributed by atoms with Crippen LogP contribution in [-0.4, -0.2) is 13.2 Å². The SMILES string of the molecule is CCCCCCCCCCOc1ccc(-c2cc(N)c(N)cc2-c2ccc(OCCCCCCCCCC)cc2)cc1. The Hall–Kier alpha value is -3.14. The van der Waals surface area contributed by atoms with Gasteiger partial charge in [0.1, 0.15) is 11.5 Å². The Kier molecular flexibility index (Phi) is 15.8. The number of hydrogen-bond donors (Lipinski definition) is 2. The van der Waals surface area contributed by atoms with Gasteiger partial charge in [0.25, 0.3) is 0 Å². The van der Waals surface area contributed by atoms with Crippen LogP contribution in [0.2, 0.25) is 0 Å². The van der Waals surface area contributed by atoms with Crippen molar-refractivity contribution in [3.8, 4) is 33.8 Å². The van der Waals surface area contributed by atoms with E-state index in [1.54, 1.807) is 0 Å². The van der Waals surface area contributed by atoms with Gasteiger partial charge in [0, 0.05) is 0 Å². The Balaban J connectivity index is 1.50. The molecular weight excluding hydrogens is 516 g/mol. The quantitative estimate of drug-likeness (QED) is 0.0928. The molecular formula is C38H56N2O2. The Morgan fingerprint density at radius 2 is 0.738 bits per heavy atom. The van der Waals surface area contributed by atoms with Crippen LogP contribution in [0.4, 0.5) is 11.4 Å². The topological polar surface area (TPSA) is 70.5 Å². The van der Waals surface area contributed by atoms with Crippen molar-refractivity contribution in [2.24, 2.45) is 0 Å².